The fourth-order valence-corrected chi connectivity index (χ4v) is 3.80. The summed E-state index contributed by atoms with van der Waals surface area (Å²) in [6.45, 7) is 0.354. The molecule has 0 bridgehead atoms. The first-order valence-corrected chi connectivity index (χ1v) is 9.42. The maximum atomic E-state index is 13.0. The number of carbonyl (C=O) groups excluding carboxylic acids is 1. The standard InChI is InChI=1S/C18H16Cl2N4O4/c1-28-14-3-2-12(13(25)6-9-10(19)7-21-8-11(9)20)24-15(14)22-16(23-24)18(4-5-18)17(26)27/h2-3,7,11H,4-6,8H2,1H3,(H,26,27). The quantitative estimate of drug-likeness (QED) is 0.566. The number of carboxylic acids is 1. The van der Waals surface area contributed by atoms with Crippen LogP contribution in [-0.2, 0) is 10.2 Å². The molecule has 1 unspecified atom stereocenters. The van der Waals surface area contributed by atoms with Crippen LogP contribution in [0.2, 0.25) is 0 Å². The Morgan fingerprint density at radius 2 is 2.14 bits per heavy atom. The van der Waals surface area contributed by atoms with E-state index in [4.69, 9.17) is 27.9 Å². The third kappa shape index (κ3) is 2.97. The number of aliphatic imine (C=N–C) groups is 1. The molecule has 4 rings (SSSR count). The Kier molecular flexibility index (Phi) is 4.63. The summed E-state index contributed by atoms with van der Waals surface area (Å²) in [6, 6.07) is 3.18. The summed E-state index contributed by atoms with van der Waals surface area (Å²) in [7, 11) is 1.47. The first-order chi connectivity index (χ1) is 13.4. The third-order valence-electron chi connectivity index (χ3n) is 5.05. The van der Waals surface area contributed by atoms with Crippen molar-refractivity contribution in [1.82, 2.24) is 14.6 Å². The molecule has 2 aromatic heterocycles. The van der Waals surface area contributed by atoms with Crippen LogP contribution in [0.15, 0.2) is 27.7 Å². The number of halogens is 2. The number of fused-ring (bicyclic) bond motifs is 1. The van der Waals surface area contributed by atoms with Gasteiger partial charge in [0.1, 0.15) is 11.1 Å². The number of aromatic nitrogens is 3. The zero-order valence-corrected chi connectivity index (χ0v) is 16.4. The molecule has 8 nitrogen and oxygen atoms in total. The number of carbonyl (C=O) groups is 2. The molecule has 0 saturated heterocycles. The highest BCUT2D eigenvalue weighted by Crippen LogP contribution is 2.47. The molecule has 0 radical (unpaired) electrons. The maximum Gasteiger partial charge on any atom is 0.317 e. The molecule has 3 heterocycles. The number of carboxylic acid groups (broad SMARTS) is 1. The van der Waals surface area contributed by atoms with Gasteiger partial charge in [-0.25, -0.2) is 9.50 Å². The summed E-state index contributed by atoms with van der Waals surface area (Å²) in [5.74, 6) is -0.665. The summed E-state index contributed by atoms with van der Waals surface area (Å²) in [5, 5.41) is 13.8. The molecule has 2 aliphatic rings. The molecule has 10 heteroatoms. The Morgan fingerprint density at radius 3 is 2.75 bits per heavy atom. The van der Waals surface area contributed by atoms with Gasteiger partial charge in [0.2, 0.25) is 0 Å². The Hall–Kier alpha value is -2.45. The van der Waals surface area contributed by atoms with E-state index in [1.165, 1.54) is 17.8 Å². The SMILES string of the molecule is COc1ccc(C(=O)CC2=C(Cl)C=NCC2Cl)n2nc(C3(C(=O)O)CC3)nc12. The van der Waals surface area contributed by atoms with E-state index in [1.807, 2.05) is 0 Å². The second-order valence-corrected chi connectivity index (χ2v) is 7.71. The van der Waals surface area contributed by atoms with E-state index in [9.17, 15) is 14.7 Å². The predicted molar refractivity (Wildman–Crippen MR) is 103 cm³/mol. The van der Waals surface area contributed by atoms with Crippen molar-refractivity contribution in [2.24, 2.45) is 4.99 Å². The fourth-order valence-electron chi connectivity index (χ4n) is 3.20. The van der Waals surface area contributed by atoms with Gasteiger partial charge in [0.15, 0.2) is 23.0 Å². The Labute approximate surface area is 169 Å². The van der Waals surface area contributed by atoms with Gasteiger partial charge >= 0.3 is 5.97 Å². The molecule has 1 aliphatic carbocycles. The first kappa shape index (κ1) is 18.9. The topological polar surface area (TPSA) is 106 Å². The highest BCUT2D eigenvalue weighted by Gasteiger charge is 2.55. The summed E-state index contributed by atoms with van der Waals surface area (Å²) >= 11 is 12.4. The van der Waals surface area contributed by atoms with E-state index in [0.29, 0.717) is 41.4 Å². The second-order valence-electron chi connectivity index (χ2n) is 6.78. The van der Waals surface area contributed by atoms with Gasteiger partial charge in [-0.1, -0.05) is 11.6 Å². The zero-order chi connectivity index (χ0) is 20.1. The number of ketones is 1. The van der Waals surface area contributed by atoms with Crippen LogP contribution in [0.25, 0.3) is 5.65 Å². The van der Waals surface area contributed by atoms with Crippen LogP contribution in [0.3, 0.4) is 0 Å². The highest BCUT2D eigenvalue weighted by molar-refractivity contribution is 6.41. The largest absolute Gasteiger partial charge is 0.493 e. The number of pyridine rings is 1. The van der Waals surface area contributed by atoms with Gasteiger partial charge in [0.25, 0.3) is 0 Å². The number of dihydropyridines is 1. The van der Waals surface area contributed by atoms with Crippen LogP contribution in [0, 0.1) is 0 Å². The van der Waals surface area contributed by atoms with Gasteiger partial charge < -0.3 is 9.84 Å². The molecule has 2 aromatic rings. The molecule has 146 valence electrons. The number of alkyl halides is 1. The van der Waals surface area contributed by atoms with Crippen molar-refractivity contribution in [1.29, 1.82) is 0 Å². The van der Waals surface area contributed by atoms with Crippen LogP contribution in [0.4, 0.5) is 0 Å². The highest BCUT2D eigenvalue weighted by atomic mass is 35.5. The van der Waals surface area contributed by atoms with E-state index < -0.39 is 16.8 Å². The molecule has 1 aliphatic heterocycles. The van der Waals surface area contributed by atoms with E-state index in [0.717, 1.165) is 0 Å². The lowest BCUT2D eigenvalue weighted by Crippen LogP contribution is -2.21. The number of Topliss-reactive ketones (excluding diaryl/α,β-unsaturated/α-hetero) is 1. The van der Waals surface area contributed by atoms with Gasteiger partial charge in [-0.2, -0.15) is 0 Å². The van der Waals surface area contributed by atoms with Crippen LogP contribution >= 0.6 is 23.2 Å². The number of allylic oxidation sites excluding steroid dienone is 1. The number of nitrogens with zero attached hydrogens (tertiary/aromatic N) is 4. The summed E-state index contributed by atoms with van der Waals surface area (Å²) in [4.78, 5) is 33.0. The van der Waals surface area contributed by atoms with Crippen LogP contribution in [0.5, 0.6) is 5.75 Å². The summed E-state index contributed by atoms with van der Waals surface area (Å²) in [5.41, 5.74) is 0.0454. The van der Waals surface area contributed by atoms with Crippen molar-refractivity contribution in [3.63, 3.8) is 0 Å². The van der Waals surface area contributed by atoms with E-state index in [2.05, 4.69) is 15.1 Å². The Morgan fingerprint density at radius 1 is 1.39 bits per heavy atom. The van der Waals surface area contributed by atoms with Crippen LogP contribution < -0.4 is 4.74 Å². The number of methoxy groups -OCH3 is 1. The van der Waals surface area contributed by atoms with Gasteiger partial charge in [-0.05, 0) is 30.5 Å². The number of hydrogen-bond acceptors (Lipinski definition) is 6. The molecule has 0 spiro atoms. The van der Waals surface area contributed by atoms with Gasteiger partial charge in [-0.15, -0.1) is 16.7 Å². The maximum absolute atomic E-state index is 13.0. The number of rotatable bonds is 6. The number of hydrogen-bond donors (Lipinski definition) is 1. The average Bonchev–Trinajstić information content (AvgIpc) is 3.36. The van der Waals surface area contributed by atoms with Crippen molar-refractivity contribution >= 4 is 46.8 Å². The molecule has 1 atom stereocenters. The average molecular weight is 423 g/mol. The molecule has 0 amide bonds. The lowest BCUT2D eigenvalue weighted by molar-refractivity contribution is -0.140. The van der Waals surface area contributed by atoms with Crippen molar-refractivity contribution in [3.8, 4) is 5.75 Å². The normalized spacial score (nSPS) is 20.5. The van der Waals surface area contributed by atoms with Gasteiger partial charge in [-0.3, -0.25) is 14.6 Å². The van der Waals surface area contributed by atoms with Gasteiger partial charge in [0, 0.05) is 12.6 Å². The van der Waals surface area contributed by atoms with Gasteiger partial charge in [0.05, 0.1) is 24.1 Å². The monoisotopic (exact) mass is 422 g/mol. The van der Waals surface area contributed by atoms with E-state index in [-0.39, 0.29) is 23.7 Å². The smallest absolute Gasteiger partial charge is 0.317 e. The molecule has 1 fully saturated rings. The van der Waals surface area contributed by atoms with Crippen LogP contribution in [0.1, 0.15) is 35.6 Å². The first-order valence-electron chi connectivity index (χ1n) is 8.60. The van der Waals surface area contributed by atoms with E-state index >= 15 is 0 Å². The third-order valence-corrected chi connectivity index (χ3v) is 5.79. The van der Waals surface area contributed by atoms with Crippen molar-refractivity contribution in [2.45, 2.75) is 30.1 Å². The minimum absolute atomic E-state index is 0.000282. The second kappa shape index (κ2) is 6.86. The molecule has 1 saturated carbocycles. The fraction of sp³-hybridized carbons (Fsp3) is 0.389. The Balaban J connectivity index is 1.77. The van der Waals surface area contributed by atoms with Crippen molar-refractivity contribution in [3.05, 3.63) is 34.3 Å². The Bertz CT molecular complexity index is 1060. The van der Waals surface area contributed by atoms with E-state index in [1.54, 1.807) is 12.1 Å². The van der Waals surface area contributed by atoms with Crippen molar-refractivity contribution < 1.29 is 19.4 Å². The van der Waals surface area contributed by atoms with Crippen molar-refractivity contribution in [2.75, 3.05) is 13.7 Å². The minimum Gasteiger partial charge on any atom is -0.493 e. The molecular formula is C18H16Cl2N4O4. The lowest BCUT2D eigenvalue weighted by atomic mass is 10.0. The zero-order valence-electron chi connectivity index (χ0n) is 14.9. The summed E-state index contributed by atoms with van der Waals surface area (Å²) in [6.07, 6.45) is 2.41. The molecule has 28 heavy (non-hydrogen) atoms. The molecule has 1 N–H and O–H groups in total. The number of ether oxygens (including phenoxy) is 1. The predicted octanol–water partition coefficient (Wildman–Crippen LogP) is 2.61. The minimum atomic E-state index is -1.09. The lowest BCUT2D eigenvalue weighted by Gasteiger charge is -2.16. The van der Waals surface area contributed by atoms with Crippen LogP contribution in [-0.4, -0.2) is 56.7 Å². The molecule has 0 aromatic carbocycles. The molecular weight excluding hydrogens is 407 g/mol. The number of aliphatic carboxylic acids is 1. The summed E-state index contributed by atoms with van der Waals surface area (Å²) < 4.78 is 6.64.